The third-order valence-corrected chi connectivity index (χ3v) is 3.61. The van der Waals surface area contributed by atoms with Crippen LogP contribution >= 0.6 is 0 Å². The molecule has 0 amide bonds. The highest BCUT2D eigenvalue weighted by atomic mass is 32.2. The molecule has 2 heterocycles. The van der Waals surface area contributed by atoms with Crippen LogP contribution in [-0.2, 0) is 19.7 Å². The summed E-state index contributed by atoms with van der Waals surface area (Å²) in [6.45, 7) is 0. The first-order valence-corrected chi connectivity index (χ1v) is 8.61. The first-order chi connectivity index (χ1) is 9.16. The van der Waals surface area contributed by atoms with Crippen molar-refractivity contribution in [3.05, 3.63) is 0 Å². The van der Waals surface area contributed by atoms with Crippen molar-refractivity contribution in [3.8, 4) is 0 Å². The molecule has 0 fully saturated rings. The van der Waals surface area contributed by atoms with E-state index in [0.717, 1.165) is 12.5 Å². The second-order valence-electron chi connectivity index (χ2n) is 3.63. The zero-order valence-electron chi connectivity index (χ0n) is 10.1. The van der Waals surface area contributed by atoms with E-state index in [2.05, 4.69) is 40.6 Å². The van der Waals surface area contributed by atoms with Gasteiger partial charge in [-0.05, 0) is 0 Å². The third-order valence-electron chi connectivity index (χ3n) is 1.84. The number of rotatable bonds is 4. The average molecular weight is 320 g/mol. The van der Waals surface area contributed by atoms with E-state index in [4.69, 9.17) is 0 Å². The zero-order chi connectivity index (χ0) is 15.0. The van der Waals surface area contributed by atoms with E-state index in [1.807, 2.05) is 0 Å². The largest absolute Gasteiger partial charge is 0.288 e. The van der Waals surface area contributed by atoms with Crippen LogP contribution in [0.15, 0.2) is 20.5 Å². The van der Waals surface area contributed by atoms with Crippen molar-refractivity contribution in [2.75, 3.05) is 12.5 Å². The van der Waals surface area contributed by atoms with Gasteiger partial charge in [-0.25, -0.2) is 27.0 Å². The van der Waals surface area contributed by atoms with Crippen molar-refractivity contribution in [3.63, 3.8) is 0 Å². The number of azo groups is 1. The van der Waals surface area contributed by atoms with E-state index in [9.17, 15) is 16.8 Å². The SMILES string of the molecule is CS(=O)(=O)c1nc(N=Nc2n[nH]c(S(C)(=O)=O)n2)n[nH]1. The molecule has 0 aliphatic rings. The van der Waals surface area contributed by atoms with Crippen LogP contribution in [0.4, 0.5) is 11.9 Å². The maximum Gasteiger partial charge on any atom is 0.288 e. The molecular formula is C6H8N8O4S2. The van der Waals surface area contributed by atoms with Gasteiger partial charge in [0.2, 0.25) is 30.0 Å². The Bertz CT molecular complexity index is 788. The molecule has 20 heavy (non-hydrogen) atoms. The number of H-pyrrole nitrogens is 2. The van der Waals surface area contributed by atoms with Crippen molar-refractivity contribution in [2.45, 2.75) is 10.3 Å². The Morgan fingerprint density at radius 1 is 0.800 bits per heavy atom. The molecule has 2 N–H and O–H groups in total. The van der Waals surface area contributed by atoms with Crippen LogP contribution in [0.25, 0.3) is 0 Å². The number of nitrogens with zero attached hydrogens (tertiary/aromatic N) is 6. The van der Waals surface area contributed by atoms with Crippen LogP contribution in [0.2, 0.25) is 0 Å². The van der Waals surface area contributed by atoms with Crippen LogP contribution in [-0.4, -0.2) is 59.7 Å². The molecular weight excluding hydrogens is 312 g/mol. The average Bonchev–Trinajstić information content (AvgIpc) is 2.94. The number of nitrogens with one attached hydrogen (secondary N) is 2. The van der Waals surface area contributed by atoms with Gasteiger partial charge in [0.1, 0.15) is 0 Å². The molecule has 14 heteroatoms. The molecule has 108 valence electrons. The van der Waals surface area contributed by atoms with E-state index in [1.54, 1.807) is 0 Å². The summed E-state index contributed by atoms with van der Waals surface area (Å²) in [4.78, 5) is 7.11. The predicted molar refractivity (Wildman–Crippen MR) is 63.2 cm³/mol. The van der Waals surface area contributed by atoms with Crippen molar-refractivity contribution in [2.24, 2.45) is 10.2 Å². The van der Waals surface area contributed by atoms with Gasteiger partial charge in [0.15, 0.2) is 0 Å². The van der Waals surface area contributed by atoms with E-state index < -0.39 is 19.7 Å². The van der Waals surface area contributed by atoms with Crippen LogP contribution < -0.4 is 0 Å². The lowest BCUT2D eigenvalue weighted by Crippen LogP contribution is -1.99. The van der Waals surface area contributed by atoms with Gasteiger partial charge >= 0.3 is 0 Å². The monoisotopic (exact) mass is 320 g/mol. The van der Waals surface area contributed by atoms with Crippen LogP contribution in [0.1, 0.15) is 0 Å². The highest BCUT2D eigenvalue weighted by Crippen LogP contribution is 2.13. The summed E-state index contributed by atoms with van der Waals surface area (Å²) in [6, 6.07) is 0. The minimum atomic E-state index is -3.53. The number of aromatic amines is 2. The highest BCUT2D eigenvalue weighted by Gasteiger charge is 2.14. The van der Waals surface area contributed by atoms with Gasteiger partial charge in [-0.3, -0.25) is 0 Å². The molecule has 0 radical (unpaired) electrons. The Kier molecular flexibility index (Phi) is 3.34. The first kappa shape index (κ1) is 14.2. The number of aromatic nitrogens is 6. The number of sulfone groups is 2. The van der Waals surface area contributed by atoms with Crippen molar-refractivity contribution >= 4 is 31.6 Å². The minimum absolute atomic E-state index is 0.254. The molecule has 2 rings (SSSR count). The summed E-state index contributed by atoms with van der Waals surface area (Å²) in [5.41, 5.74) is 0. The summed E-state index contributed by atoms with van der Waals surface area (Å²) in [5, 5.41) is 17.5. The van der Waals surface area contributed by atoms with Crippen LogP contribution in [0.3, 0.4) is 0 Å². The number of hydrogen-bond acceptors (Lipinski definition) is 10. The van der Waals surface area contributed by atoms with E-state index >= 15 is 0 Å². The molecule has 0 bridgehead atoms. The molecule has 12 nitrogen and oxygen atoms in total. The number of hydrogen-bond donors (Lipinski definition) is 2. The maximum absolute atomic E-state index is 11.1. The molecule has 0 aromatic carbocycles. The van der Waals surface area contributed by atoms with Crippen molar-refractivity contribution < 1.29 is 16.8 Å². The Hall–Kier alpha value is -2.22. The van der Waals surface area contributed by atoms with Crippen molar-refractivity contribution in [1.82, 2.24) is 30.4 Å². The fraction of sp³-hybridized carbons (Fsp3) is 0.333. The summed E-state index contributed by atoms with van der Waals surface area (Å²) in [7, 11) is -7.06. The molecule has 0 unspecified atom stereocenters. The van der Waals surface area contributed by atoms with Gasteiger partial charge in [0, 0.05) is 12.5 Å². The summed E-state index contributed by atoms with van der Waals surface area (Å²) in [6.07, 6.45) is 1.89. The molecule has 0 spiro atoms. The Labute approximate surface area is 112 Å². The second kappa shape index (κ2) is 4.71. The third kappa shape index (κ3) is 3.21. The van der Waals surface area contributed by atoms with E-state index in [0.29, 0.717) is 0 Å². The molecule has 0 aliphatic heterocycles. The zero-order valence-corrected chi connectivity index (χ0v) is 11.8. The van der Waals surface area contributed by atoms with Gasteiger partial charge in [0.25, 0.3) is 11.9 Å². The Balaban J connectivity index is 2.22. The predicted octanol–water partition coefficient (Wildman–Crippen LogP) is -0.855. The van der Waals surface area contributed by atoms with E-state index in [-0.39, 0.29) is 22.2 Å². The molecule has 2 aromatic rings. The maximum atomic E-state index is 11.1. The molecule has 0 saturated heterocycles. The quantitative estimate of drug-likeness (QED) is 0.684. The molecule has 0 saturated carbocycles. The van der Waals surface area contributed by atoms with E-state index in [1.165, 1.54) is 0 Å². The molecule has 0 atom stereocenters. The lowest BCUT2D eigenvalue weighted by molar-refractivity contribution is 0.592. The van der Waals surface area contributed by atoms with Gasteiger partial charge in [0.05, 0.1) is 0 Å². The fourth-order valence-electron chi connectivity index (χ4n) is 0.988. The normalized spacial score (nSPS) is 13.1. The first-order valence-electron chi connectivity index (χ1n) is 4.83. The summed E-state index contributed by atoms with van der Waals surface area (Å²) in [5.74, 6) is -0.507. The van der Waals surface area contributed by atoms with Gasteiger partial charge < -0.3 is 0 Å². The van der Waals surface area contributed by atoms with Gasteiger partial charge in [-0.2, -0.15) is 9.97 Å². The lowest BCUT2D eigenvalue weighted by Gasteiger charge is -1.85. The standard InChI is InChI=1S/C6H8N8O4S2/c1-19(15,16)5-7-3(11-13-5)9-10-4-8-6(14-12-4)20(2,17)18/h1-2H3,(H,7,11,13)(H,8,12,14). The second-order valence-corrected chi connectivity index (χ2v) is 7.49. The lowest BCUT2D eigenvalue weighted by atomic mass is 11.0. The fourth-order valence-corrected chi connectivity index (χ4v) is 1.91. The van der Waals surface area contributed by atoms with Crippen LogP contribution in [0.5, 0.6) is 0 Å². The summed E-state index contributed by atoms with van der Waals surface area (Å²) >= 11 is 0. The van der Waals surface area contributed by atoms with Crippen LogP contribution in [0, 0.1) is 0 Å². The van der Waals surface area contributed by atoms with Crippen molar-refractivity contribution in [1.29, 1.82) is 0 Å². The highest BCUT2D eigenvalue weighted by molar-refractivity contribution is 7.90. The smallest absolute Gasteiger partial charge is 0.248 e. The Morgan fingerprint density at radius 2 is 1.15 bits per heavy atom. The molecule has 0 aliphatic carbocycles. The van der Waals surface area contributed by atoms with Gasteiger partial charge in [-0.1, -0.05) is 0 Å². The molecule has 2 aromatic heterocycles. The van der Waals surface area contributed by atoms with Gasteiger partial charge in [-0.15, -0.1) is 20.4 Å². The Morgan fingerprint density at radius 3 is 1.40 bits per heavy atom. The minimum Gasteiger partial charge on any atom is -0.248 e. The summed E-state index contributed by atoms with van der Waals surface area (Å²) < 4.78 is 44.5. The topological polar surface area (TPSA) is 176 Å².